The second kappa shape index (κ2) is 6.85. The molecular formula is C11H19N5O4. The van der Waals surface area contributed by atoms with E-state index < -0.39 is 10.8 Å². The van der Waals surface area contributed by atoms with Crippen molar-refractivity contribution in [2.24, 2.45) is 5.73 Å². The average molecular weight is 285 g/mol. The quantitative estimate of drug-likeness (QED) is 0.409. The topological polar surface area (TPSA) is 125 Å². The Morgan fingerprint density at radius 1 is 1.60 bits per heavy atom. The second-order valence-electron chi connectivity index (χ2n) is 4.52. The van der Waals surface area contributed by atoms with Gasteiger partial charge in [-0.15, -0.1) is 0 Å². The number of nitrogens with two attached hydrogens (primary N) is 1. The van der Waals surface area contributed by atoms with Crippen LogP contribution in [-0.2, 0) is 9.53 Å². The summed E-state index contributed by atoms with van der Waals surface area (Å²) in [5.74, 6) is -0.218. The third-order valence-electron chi connectivity index (χ3n) is 2.51. The van der Waals surface area contributed by atoms with E-state index in [-0.39, 0.29) is 24.9 Å². The third-order valence-corrected chi connectivity index (χ3v) is 2.51. The number of amides is 1. The van der Waals surface area contributed by atoms with Crippen LogP contribution in [0, 0.1) is 17.0 Å². The molecule has 0 unspecified atom stereocenters. The van der Waals surface area contributed by atoms with Crippen LogP contribution >= 0.6 is 0 Å². The van der Waals surface area contributed by atoms with Crippen molar-refractivity contribution in [3.8, 4) is 0 Å². The average Bonchev–Trinajstić information content (AvgIpc) is 2.65. The number of hydrogen-bond donors (Lipinski definition) is 2. The number of hydrogen-bond acceptors (Lipinski definition) is 6. The van der Waals surface area contributed by atoms with Crippen molar-refractivity contribution in [3.63, 3.8) is 0 Å². The maximum absolute atomic E-state index is 11.1. The number of aryl methyl sites for hydroxylation is 1. The molecule has 0 spiro atoms. The number of primary amides is 1. The number of rotatable bonds is 8. The predicted octanol–water partition coefficient (Wildman–Crippen LogP) is 0.594. The van der Waals surface area contributed by atoms with Crippen LogP contribution in [-0.4, -0.2) is 40.4 Å². The Morgan fingerprint density at radius 3 is 2.75 bits per heavy atom. The first kappa shape index (κ1) is 15.9. The molecule has 0 saturated carbocycles. The normalized spacial score (nSPS) is 10.8. The molecule has 1 aromatic rings. The molecule has 0 aliphatic carbocycles. The van der Waals surface area contributed by atoms with E-state index >= 15 is 0 Å². The van der Waals surface area contributed by atoms with E-state index in [0.717, 1.165) is 0 Å². The van der Waals surface area contributed by atoms with Crippen LogP contribution < -0.4 is 11.1 Å². The zero-order chi connectivity index (χ0) is 15.3. The Labute approximate surface area is 116 Å². The molecule has 0 aliphatic rings. The summed E-state index contributed by atoms with van der Waals surface area (Å²) in [5, 5.41) is 18.2. The van der Waals surface area contributed by atoms with Crippen LogP contribution in [0.4, 0.5) is 11.5 Å². The predicted molar refractivity (Wildman–Crippen MR) is 72.5 cm³/mol. The maximum Gasteiger partial charge on any atom is 0.333 e. The summed E-state index contributed by atoms with van der Waals surface area (Å²) in [4.78, 5) is 21.1. The van der Waals surface area contributed by atoms with Crippen molar-refractivity contribution in [1.82, 2.24) is 9.78 Å². The number of carbonyl (C=O) groups excluding carboxylic acids is 1. The minimum absolute atomic E-state index is 0.0172. The molecule has 1 rings (SSSR count). The molecule has 0 bridgehead atoms. The van der Waals surface area contributed by atoms with Crippen molar-refractivity contribution in [2.75, 3.05) is 25.1 Å². The molecule has 20 heavy (non-hydrogen) atoms. The van der Waals surface area contributed by atoms with Gasteiger partial charge >= 0.3 is 5.69 Å². The zero-order valence-corrected chi connectivity index (χ0v) is 11.8. The van der Waals surface area contributed by atoms with E-state index in [4.69, 9.17) is 10.5 Å². The van der Waals surface area contributed by atoms with Crippen LogP contribution in [0.1, 0.15) is 25.6 Å². The zero-order valence-electron chi connectivity index (χ0n) is 11.8. The lowest BCUT2D eigenvalue weighted by Crippen LogP contribution is -2.21. The molecule has 0 radical (unpaired) electrons. The van der Waals surface area contributed by atoms with E-state index in [9.17, 15) is 14.9 Å². The molecule has 0 saturated heterocycles. The van der Waals surface area contributed by atoms with Gasteiger partial charge in [-0.25, -0.2) is 4.68 Å². The number of nitro groups is 1. The Morgan fingerprint density at radius 2 is 2.25 bits per heavy atom. The van der Waals surface area contributed by atoms with Crippen LogP contribution in [0.5, 0.6) is 0 Å². The highest BCUT2D eigenvalue weighted by atomic mass is 16.6. The summed E-state index contributed by atoms with van der Waals surface area (Å²) in [6, 6.07) is -0.0172. The largest absolute Gasteiger partial charge is 0.370 e. The SMILES string of the molecule is Cc1nn(C(C)C)c(NCCOCC(N)=O)c1[N+](=O)[O-]. The number of ether oxygens (including phenoxy) is 1. The van der Waals surface area contributed by atoms with Gasteiger partial charge in [-0.1, -0.05) is 0 Å². The van der Waals surface area contributed by atoms with Gasteiger partial charge < -0.3 is 15.8 Å². The molecule has 9 heteroatoms. The second-order valence-corrected chi connectivity index (χ2v) is 4.52. The number of nitrogens with zero attached hydrogens (tertiary/aromatic N) is 3. The lowest BCUT2D eigenvalue weighted by molar-refractivity contribution is -0.384. The molecule has 9 nitrogen and oxygen atoms in total. The summed E-state index contributed by atoms with van der Waals surface area (Å²) in [6.07, 6.45) is 0. The minimum atomic E-state index is -0.556. The van der Waals surface area contributed by atoms with E-state index in [1.165, 1.54) is 0 Å². The molecule has 1 heterocycles. The van der Waals surface area contributed by atoms with Gasteiger partial charge in [0.1, 0.15) is 12.3 Å². The molecule has 0 fully saturated rings. The van der Waals surface area contributed by atoms with Crippen LogP contribution in [0.25, 0.3) is 0 Å². The van der Waals surface area contributed by atoms with Gasteiger partial charge in [-0.05, 0) is 20.8 Å². The van der Waals surface area contributed by atoms with E-state index in [1.807, 2.05) is 13.8 Å². The third kappa shape index (κ3) is 3.92. The minimum Gasteiger partial charge on any atom is -0.370 e. The van der Waals surface area contributed by atoms with Crippen molar-refractivity contribution < 1.29 is 14.5 Å². The van der Waals surface area contributed by atoms with Gasteiger partial charge in [-0.2, -0.15) is 5.10 Å². The highest BCUT2D eigenvalue weighted by Crippen LogP contribution is 2.30. The lowest BCUT2D eigenvalue weighted by atomic mass is 10.3. The maximum atomic E-state index is 11.1. The molecule has 0 atom stereocenters. The van der Waals surface area contributed by atoms with E-state index in [2.05, 4.69) is 10.4 Å². The molecule has 1 aromatic heterocycles. The first-order chi connectivity index (χ1) is 9.34. The summed E-state index contributed by atoms with van der Waals surface area (Å²) in [7, 11) is 0. The van der Waals surface area contributed by atoms with Crippen molar-refractivity contribution >= 4 is 17.4 Å². The molecule has 1 amide bonds. The number of aromatic nitrogens is 2. The number of carbonyl (C=O) groups is 1. The number of anilines is 1. The molecular weight excluding hydrogens is 266 g/mol. The van der Waals surface area contributed by atoms with Gasteiger partial charge in [0, 0.05) is 12.6 Å². The Hall–Kier alpha value is -2.16. The van der Waals surface area contributed by atoms with Gasteiger partial charge in [0.15, 0.2) is 0 Å². The van der Waals surface area contributed by atoms with Crippen molar-refractivity contribution in [3.05, 3.63) is 15.8 Å². The smallest absolute Gasteiger partial charge is 0.333 e. The van der Waals surface area contributed by atoms with Crippen LogP contribution in [0.15, 0.2) is 0 Å². The van der Waals surface area contributed by atoms with Crippen LogP contribution in [0.2, 0.25) is 0 Å². The first-order valence-electron chi connectivity index (χ1n) is 6.18. The summed E-state index contributed by atoms with van der Waals surface area (Å²) in [6.45, 7) is 5.70. The standard InChI is InChI=1S/C11H19N5O4/c1-7(2)15-11(10(16(18)19)8(3)14-15)13-4-5-20-6-9(12)17/h7,13H,4-6H2,1-3H3,(H2,12,17). The Balaban J connectivity index is 2.76. The highest BCUT2D eigenvalue weighted by Gasteiger charge is 2.26. The van der Waals surface area contributed by atoms with Gasteiger partial charge in [0.25, 0.3) is 0 Å². The van der Waals surface area contributed by atoms with Gasteiger partial charge in [0.2, 0.25) is 11.7 Å². The Kier molecular flexibility index (Phi) is 5.44. The summed E-state index contributed by atoms with van der Waals surface area (Å²) in [5.41, 5.74) is 5.23. The fourth-order valence-electron chi connectivity index (χ4n) is 1.71. The molecule has 0 aromatic carbocycles. The van der Waals surface area contributed by atoms with Crippen molar-refractivity contribution in [1.29, 1.82) is 0 Å². The molecule has 3 N–H and O–H groups in total. The van der Waals surface area contributed by atoms with Crippen LogP contribution in [0.3, 0.4) is 0 Å². The molecule has 112 valence electrons. The van der Waals surface area contributed by atoms with Gasteiger partial charge in [-0.3, -0.25) is 14.9 Å². The van der Waals surface area contributed by atoms with Crippen molar-refractivity contribution in [2.45, 2.75) is 26.8 Å². The summed E-state index contributed by atoms with van der Waals surface area (Å²) >= 11 is 0. The van der Waals surface area contributed by atoms with E-state index in [0.29, 0.717) is 18.1 Å². The van der Waals surface area contributed by atoms with Gasteiger partial charge in [0.05, 0.1) is 11.5 Å². The molecule has 0 aliphatic heterocycles. The lowest BCUT2D eigenvalue weighted by Gasteiger charge is -2.11. The highest BCUT2D eigenvalue weighted by molar-refractivity contribution is 5.74. The van der Waals surface area contributed by atoms with E-state index in [1.54, 1.807) is 11.6 Å². The number of nitrogens with one attached hydrogen (secondary N) is 1. The fraction of sp³-hybridized carbons (Fsp3) is 0.636. The fourth-order valence-corrected chi connectivity index (χ4v) is 1.71. The Bertz CT molecular complexity index is 497. The summed E-state index contributed by atoms with van der Waals surface area (Å²) < 4.78 is 6.54. The first-order valence-corrected chi connectivity index (χ1v) is 6.18. The monoisotopic (exact) mass is 285 g/mol.